The quantitative estimate of drug-likeness (QED) is 0.730. The maximum atomic E-state index is 12.9. The Morgan fingerprint density at radius 3 is 2.50 bits per heavy atom. The van der Waals surface area contributed by atoms with E-state index in [1.807, 2.05) is 36.4 Å². The van der Waals surface area contributed by atoms with Gasteiger partial charge in [-0.2, -0.15) is 0 Å². The van der Waals surface area contributed by atoms with Crippen LogP contribution >= 0.6 is 11.6 Å². The average molecular weight is 428 g/mol. The van der Waals surface area contributed by atoms with Crippen molar-refractivity contribution in [3.05, 3.63) is 53.1 Å². The summed E-state index contributed by atoms with van der Waals surface area (Å²) in [6, 6.07) is 13.6. The summed E-state index contributed by atoms with van der Waals surface area (Å²) >= 11 is 6.63. The highest BCUT2D eigenvalue weighted by atomic mass is 35.5. The Labute approximate surface area is 183 Å². The fourth-order valence-electron chi connectivity index (χ4n) is 4.98. The van der Waals surface area contributed by atoms with Gasteiger partial charge in [0.2, 0.25) is 0 Å². The van der Waals surface area contributed by atoms with Crippen LogP contribution in [-0.4, -0.2) is 36.2 Å². The minimum atomic E-state index is -0.0793. The number of piperidine rings is 1. The van der Waals surface area contributed by atoms with Crippen molar-refractivity contribution in [3.63, 3.8) is 0 Å². The standard InChI is InChI=1S/C24H30ClN3O2/c1-23(2)14-17(15-24(3,4)27-23)26-22(29)16-9-10-19(18(25)13-16)28-11-12-30-21-8-6-5-7-20(21)28/h5-10,13,17,27H,11-12,14-15H2,1-4H3,(H,26,29). The molecule has 0 atom stereocenters. The van der Waals surface area contributed by atoms with E-state index >= 15 is 0 Å². The Morgan fingerprint density at radius 2 is 1.80 bits per heavy atom. The first-order valence-electron chi connectivity index (χ1n) is 10.5. The molecule has 5 nitrogen and oxygen atoms in total. The maximum Gasteiger partial charge on any atom is 0.251 e. The van der Waals surface area contributed by atoms with Crippen LogP contribution in [0.15, 0.2) is 42.5 Å². The molecular weight excluding hydrogens is 398 g/mol. The fourth-order valence-corrected chi connectivity index (χ4v) is 5.26. The van der Waals surface area contributed by atoms with Gasteiger partial charge in [0.05, 0.1) is 22.9 Å². The number of carbonyl (C=O) groups is 1. The van der Waals surface area contributed by atoms with Crippen molar-refractivity contribution in [3.8, 4) is 5.75 Å². The van der Waals surface area contributed by atoms with Gasteiger partial charge >= 0.3 is 0 Å². The first kappa shape index (κ1) is 21.0. The summed E-state index contributed by atoms with van der Waals surface area (Å²) in [6.07, 6.45) is 1.77. The number of rotatable bonds is 3. The summed E-state index contributed by atoms with van der Waals surface area (Å²) < 4.78 is 5.74. The number of ether oxygens (including phenoxy) is 1. The zero-order valence-corrected chi connectivity index (χ0v) is 18.8. The van der Waals surface area contributed by atoms with E-state index in [0.717, 1.165) is 30.0 Å². The molecule has 4 rings (SSSR count). The van der Waals surface area contributed by atoms with Crippen molar-refractivity contribution in [1.82, 2.24) is 10.6 Å². The maximum absolute atomic E-state index is 12.9. The second kappa shape index (κ2) is 7.78. The second-order valence-electron chi connectivity index (χ2n) is 9.61. The molecule has 0 unspecified atom stereocenters. The van der Waals surface area contributed by atoms with Gasteiger partial charge in [-0.15, -0.1) is 0 Å². The lowest BCUT2D eigenvalue weighted by Crippen LogP contribution is -2.62. The van der Waals surface area contributed by atoms with Crippen LogP contribution in [0, 0.1) is 0 Å². The van der Waals surface area contributed by atoms with Gasteiger partial charge in [-0.3, -0.25) is 4.79 Å². The molecule has 160 valence electrons. The summed E-state index contributed by atoms with van der Waals surface area (Å²) in [6.45, 7) is 10.0. The summed E-state index contributed by atoms with van der Waals surface area (Å²) in [5, 5.41) is 7.43. The SMILES string of the molecule is CC1(C)CC(NC(=O)c2ccc(N3CCOc4ccccc43)c(Cl)c2)CC(C)(C)N1. The smallest absolute Gasteiger partial charge is 0.251 e. The van der Waals surface area contributed by atoms with Crippen molar-refractivity contribution in [2.24, 2.45) is 0 Å². The van der Waals surface area contributed by atoms with Crippen LogP contribution in [0.25, 0.3) is 0 Å². The summed E-state index contributed by atoms with van der Waals surface area (Å²) in [7, 11) is 0. The molecule has 0 radical (unpaired) electrons. The van der Waals surface area contributed by atoms with E-state index in [1.165, 1.54) is 0 Å². The lowest BCUT2D eigenvalue weighted by atomic mass is 9.79. The predicted molar refractivity (Wildman–Crippen MR) is 122 cm³/mol. The van der Waals surface area contributed by atoms with E-state index in [9.17, 15) is 4.79 Å². The molecule has 1 saturated heterocycles. The molecule has 2 aromatic carbocycles. The Kier molecular flexibility index (Phi) is 5.45. The molecule has 6 heteroatoms. The Balaban J connectivity index is 1.52. The second-order valence-corrected chi connectivity index (χ2v) is 10.0. The molecule has 0 saturated carbocycles. The number of carbonyl (C=O) groups excluding carboxylic acids is 1. The number of halogens is 1. The number of nitrogens with one attached hydrogen (secondary N) is 2. The van der Waals surface area contributed by atoms with E-state index in [2.05, 4.69) is 43.2 Å². The van der Waals surface area contributed by atoms with Gasteiger partial charge in [-0.1, -0.05) is 23.7 Å². The molecule has 30 heavy (non-hydrogen) atoms. The first-order chi connectivity index (χ1) is 14.1. The van der Waals surface area contributed by atoms with Crippen molar-refractivity contribution in [2.75, 3.05) is 18.1 Å². The van der Waals surface area contributed by atoms with Crippen LogP contribution in [-0.2, 0) is 0 Å². The van der Waals surface area contributed by atoms with E-state index in [1.54, 1.807) is 6.07 Å². The zero-order valence-electron chi connectivity index (χ0n) is 18.1. The molecule has 2 aliphatic heterocycles. The van der Waals surface area contributed by atoms with Crippen LogP contribution in [0.1, 0.15) is 50.9 Å². The number of hydrogen-bond donors (Lipinski definition) is 2. The number of para-hydroxylation sites is 2. The van der Waals surface area contributed by atoms with E-state index < -0.39 is 0 Å². The third kappa shape index (κ3) is 4.42. The van der Waals surface area contributed by atoms with Gasteiger partial charge in [-0.25, -0.2) is 0 Å². The van der Waals surface area contributed by atoms with E-state index in [4.69, 9.17) is 16.3 Å². The highest BCUT2D eigenvalue weighted by molar-refractivity contribution is 6.33. The van der Waals surface area contributed by atoms with Crippen LogP contribution in [0.5, 0.6) is 5.75 Å². The van der Waals surface area contributed by atoms with Gasteiger partial charge in [0.15, 0.2) is 0 Å². The minimum Gasteiger partial charge on any atom is -0.490 e. The number of amides is 1. The third-order valence-corrected chi connectivity index (χ3v) is 6.06. The van der Waals surface area contributed by atoms with Gasteiger partial charge in [0.1, 0.15) is 12.4 Å². The van der Waals surface area contributed by atoms with Crippen LogP contribution < -0.4 is 20.3 Å². The lowest BCUT2D eigenvalue weighted by Gasteiger charge is -2.46. The Morgan fingerprint density at radius 1 is 1.10 bits per heavy atom. The molecule has 2 N–H and O–H groups in total. The first-order valence-corrected chi connectivity index (χ1v) is 10.9. The minimum absolute atomic E-state index is 0.0229. The number of hydrogen-bond acceptors (Lipinski definition) is 4. The molecule has 1 amide bonds. The average Bonchev–Trinajstić information content (AvgIpc) is 2.65. The highest BCUT2D eigenvalue weighted by Crippen LogP contribution is 2.39. The van der Waals surface area contributed by atoms with Gasteiger partial charge in [0, 0.05) is 22.7 Å². The van der Waals surface area contributed by atoms with Crippen molar-refractivity contribution < 1.29 is 9.53 Å². The third-order valence-electron chi connectivity index (χ3n) is 5.75. The van der Waals surface area contributed by atoms with Crippen LogP contribution in [0.2, 0.25) is 5.02 Å². The van der Waals surface area contributed by atoms with Gasteiger partial charge in [-0.05, 0) is 70.9 Å². The summed E-state index contributed by atoms with van der Waals surface area (Å²) in [5.41, 5.74) is 2.41. The van der Waals surface area contributed by atoms with Crippen LogP contribution in [0.3, 0.4) is 0 Å². The normalized spacial score (nSPS) is 20.2. The predicted octanol–water partition coefficient (Wildman–Crippen LogP) is 4.91. The van der Waals surface area contributed by atoms with E-state index in [-0.39, 0.29) is 23.0 Å². The highest BCUT2D eigenvalue weighted by Gasteiger charge is 2.38. The summed E-state index contributed by atoms with van der Waals surface area (Å²) in [5.74, 6) is 0.766. The monoisotopic (exact) mass is 427 g/mol. The molecule has 0 aliphatic carbocycles. The summed E-state index contributed by atoms with van der Waals surface area (Å²) in [4.78, 5) is 15.1. The molecule has 2 aromatic rings. The van der Waals surface area contributed by atoms with Crippen molar-refractivity contribution in [1.29, 1.82) is 0 Å². The van der Waals surface area contributed by atoms with Gasteiger partial charge in [0.25, 0.3) is 5.91 Å². The number of benzene rings is 2. The molecule has 2 heterocycles. The molecule has 0 aromatic heterocycles. The fraction of sp³-hybridized carbons (Fsp3) is 0.458. The number of anilines is 2. The molecule has 0 bridgehead atoms. The Hall–Kier alpha value is -2.24. The van der Waals surface area contributed by atoms with Crippen molar-refractivity contribution in [2.45, 2.75) is 57.7 Å². The largest absolute Gasteiger partial charge is 0.490 e. The molecular formula is C24H30ClN3O2. The van der Waals surface area contributed by atoms with Crippen molar-refractivity contribution >= 4 is 28.9 Å². The topological polar surface area (TPSA) is 53.6 Å². The zero-order chi connectivity index (χ0) is 21.5. The van der Waals surface area contributed by atoms with E-state index in [0.29, 0.717) is 23.7 Å². The van der Waals surface area contributed by atoms with Crippen LogP contribution in [0.4, 0.5) is 11.4 Å². The molecule has 1 fully saturated rings. The Bertz CT molecular complexity index is 941. The number of nitrogens with zero attached hydrogens (tertiary/aromatic N) is 1. The molecule has 2 aliphatic rings. The molecule has 0 spiro atoms. The number of fused-ring (bicyclic) bond motifs is 1. The lowest BCUT2D eigenvalue weighted by molar-refractivity contribution is 0.0873. The van der Waals surface area contributed by atoms with Gasteiger partial charge < -0.3 is 20.3 Å².